The molecule has 0 bridgehead atoms. The first-order valence-corrected chi connectivity index (χ1v) is 9.66. The van der Waals surface area contributed by atoms with E-state index in [9.17, 15) is 4.79 Å². The first-order valence-electron chi connectivity index (χ1n) is 8.47. The molecule has 0 aromatic carbocycles. The smallest absolute Gasteiger partial charge is 0.234 e. The highest BCUT2D eigenvalue weighted by atomic mass is 35.5. The zero-order chi connectivity index (χ0) is 17.6. The predicted octanol–water partition coefficient (Wildman–Crippen LogP) is 2.45. The number of hydrogen-bond donors (Lipinski definition) is 1. The van der Waals surface area contributed by atoms with E-state index < -0.39 is 0 Å². The Bertz CT molecular complexity index is 530. The third-order valence-electron chi connectivity index (χ3n) is 4.41. The van der Waals surface area contributed by atoms with Gasteiger partial charge in [0, 0.05) is 36.6 Å². The van der Waals surface area contributed by atoms with Crippen molar-refractivity contribution in [2.45, 2.75) is 32.9 Å². The number of hydrogen-bond acceptors (Lipinski definition) is 5. The van der Waals surface area contributed by atoms with Crippen LogP contribution < -0.4 is 5.32 Å². The lowest BCUT2D eigenvalue weighted by atomic mass is 10.0. The molecule has 0 saturated carbocycles. The molecule has 1 amide bonds. The quantitative estimate of drug-likeness (QED) is 0.760. The van der Waals surface area contributed by atoms with Crippen LogP contribution in [0.15, 0.2) is 12.1 Å². The van der Waals surface area contributed by atoms with E-state index in [2.05, 4.69) is 35.9 Å². The minimum Gasteiger partial charge on any atom is -0.379 e. The highest BCUT2D eigenvalue weighted by Gasteiger charge is 2.28. The summed E-state index contributed by atoms with van der Waals surface area (Å²) in [6, 6.07) is 3.93. The minimum absolute atomic E-state index is 0.0578. The lowest BCUT2D eigenvalue weighted by Crippen LogP contribution is -2.56. The number of ether oxygens (including phenoxy) is 1. The Labute approximate surface area is 153 Å². The van der Waals surface area contributed by atoms with Crippen molar-refractivity contribution in [3.05, 3.63) is 21.3 Å². The fourth-order valence-corrected chi connectivity index (χ4v) is 3.92. The third-order valence-corrected chi connectivity index (χ3v) is 5.62. The van der Waals surface area contributed by atoms with Crippen LogP contribution in [0.5, 0.6) is 0 Å². The first-order chi connectivity index (χ1) is 11.4. The summed E-state index contributed by atoms with van der Waals surface area (Å²) >= 11 is 7.54. The molecule has 24 heavy (non-hydrogen) atoms. The van der Waals surface area contributed by atoms with Crippen molar-refractivity contribution in [1.82, 2.24) is 15.1 Å². The molecule has 0 radical (unpaired) electrons. The van der Waals surface area contributed by atoms with Crippen LogP contribution in [0.3, 0.4) is 0 Å². The number of amides is 1. The van der Waals surface area contributed by atoms with Crippen LogP contribution in [0.25, 0.3) is 0 Å². The zero-order valence-electron chi connectivity index (χ0n) is 14.8. The summed E-state index contributed by atoms with van der Waals surface area (Å²) in [5.74, 6) is 0.0702. The molecular formula is C17H28ClN3O2S. The number of carbonyl (C=O) groups is 1. The Hall–Kier alpha value is -0.660. The number of morpholine rings is 1. The fraction of sp³-hybridized carbons (Fsp3) is 0.706. The maximum Gasteiger partial charge on any atom is 0.234 e. The Balaban J connectivity index is 1.78. The van der Waals surface area contributed by atoms with Gasteiger partial charge >= 0.3 is 0 Å². The van der Waals surface area contributed by atoms with E-state index in [0.717, 1.165) is 43.7 Å². The number of nitrogens with one attached hydrogen (secondary N) is 1. The molecule has 0 spiro atoms. The maximum absolute atomic E-state index is 12.3. The Morgan fingerprint density at radius 2 is 2.12 bits per heavy atom. The van der Waals surface area contributed by atoms with Crippen molar-refractivity contribution in [1.29, 1.82) is 0 Å². The zero-order valence-corrected chi connectivity index (χ0v) is 16.4. The summed E-state index contributed by atoms with van der Waals surface area (Å²) in [6.07, 6.45) is 0. The standard InChI is InChI=1S/C17H28ClN3O2S/c1-4-20(11-14-5-6-15(18)24-14)12-16(22)19-13-17(2,3)21-7-9-23-10-8-21/h5-6H,4,7-13H2,1-3H3,(H,19,22). The summed E-state index contributed by atoms with van der Waals surface area (Å²) in [5, 5.41) is 3.09. The summed E-state index contributed by atoms with van der Waals surface area (Å²) in [6.45, 7) is 12.4. The van der Waals surface area contributed by atoms with Gasteiger partial charge in [-0.2, -0.15) is 0 Å². The van der Waals surface area contributed by atoms with Gasteiger partial charge in [-0.1, -0.05) is 18.5 Å². The molecule has 1 aliphatic heterocycles. The number of rotatable bonds is 8. The molecular weight excluding hydrogens is 346 g/mol. The Kier molecular flexibility index (Phi) is 7.50. The van der Waals surface area contributed by atoms with Crippen LogP contribution in [0.1, 0.15) is 25.6 Å². The van der Waals surface area contributed by atoms with E-state index in [-0.39, 0.29) is 11.4 Å². The van der Waals surface area contributed by atoms with Gasteiger partial charge in [0.2, 0.25) is 5.91 Å². The van der Waals surface area contributed by atoms with E-state index in [0.29, 0.717) is 13.1 Å². The highest BCUT2D eigenvalue weighted by Crippen LogP contribution is 2.22. The molecule has 5 nitrogen and oxygen atoms in total. The van der Waals surface area contributed by atoms with Gasteiger partial charge in [0.05, 0.1) is 24.1 Å². The van der Waals surface area contributed by atoms with Crippen molar-refractivity contribution in [3.63, 3.8) is 0 Å². The van der Waals surface area contributed by atoms with E-state index in [4.69, 9.17) is 16.3 Å². The molecule has 0 aliphatic carbocycles. The highest BCUT2D eigenvalue weighted by molar-refractivity contribution is 7.16. The second-order valence-corrected chi connectivity index (χ2v) is 8.50. The van der Waals surface area contributed by atoms with Gasteiger partial charge in [0.1, 0.15) is 0 Å². The second kappa shape index (κ2) is 9.15. The van der Waals surface area contributed by atoms with Crippen molar-refractivity contribution in [3.8, 4) is 0 Å². The van der Waals surface area contributed by atoms with E-state index in [1.54, 1.807) is 11.3 Å². The van der Waals surface area contributed by atoms with E-state index in [1.165, 1.54) is 4.88 Å². The molecule has 0 unspecified atom stereocenters. The summed E-state index contributed by atoms with van der Waals surface area (Å²) in [5.41, 5.74) is -0.0578. The molecule has 0 atom stereocenters. The molecule has 1 fully saturated rings. The van der Waals surface area contributed by atoms with Crippen molar-refractivity contribution >= 4 is 28.8 Å². The van der Waals surface area contributed by atoms with Gasteiger partial charge in [-0.15, -0.1) is 11.3 Å². The van der Waals surface area contributed by atoms with Crippen molar-refractivity contribution in [2.75, 3.05) is 45.9 Å². The van der Waals surface area contributed by atoms with Gasteiger partial charge in [0.25, 0.3) is 0 Å². The molecule has 2 rings (SSSR count). The van der Waals surface area contributed by atoms with Crippen LogP contribution in [0.2, 0.25) is 4.34 Å². The maximum atomic E-state index is 12.3. The number of thiophene rings is 1. The molecule has 1 aromatic heterocycles. The summed E-state index contributed by atoms with van der Waals surface area (Å²) in [7, 11) is 0. The van der Waals surface area contributed by atoms with Gasteiger partial charge < -0.3 is 10.1 Å². The van der Waals surface area contributed by atoms with Crippen LogP contribution >= 0.6 is 22.9 Å². The summed E-state index contributed by atoms with van der Waals surface area (Å²) < 4.78 is 6.19. The fourth-order valence-electron chi connectivity index (χ4n) is 2.79. The molecule has 2 heterocycles. The molecule has 1 aromatic rings. The topological polar surface area (TPSA) is 44.8 Å². The largest absolute Gasteiger partial charge is 0.379 e. The van der Waals surface area contributed by atoms with E-state index in [1.807, 2.05) is 12.1 Å². The number of likely N-dealkylation sites (N-methyl/N-ethyl adjacent to an activating group) is 1. The lowest BCUT2D eigenvalue weighted by Gasteiger charge is -2.41. The monoisotopic (exact) mass is 373 g/mol. The molecule has 136 valence electrons. The van der Waals surface area contributed by atoms with Crippen LogP contribution in [-0.4, -0.2) is 67.2 Å². The van der Waals surface area contributed by atoms with Crippen LogP contribution in [0, 0.1) is 0 Å². The molecule has 7 heteroatoms. The van der Waals surface area contributed by atoms with Crippen molar-refractivity contribution in [2.24, 2.45) is 0 Å². The summed E-state index contributed by atoms with van der Waals surface area (Å²) in [4.78, 5) is 18.0. The SMILES string of the molecule is CCN(CC(=O)NCC(C)(C)N1CCOCC1)Cc1ccc(Cl)s1. The van der Waals surface area contributed by atoms with Crippen LogP contribution in [-0.2, 0) is 16.1 Å². The number of nitrogens with zero attached hydrogens (tertiary/aromatic N) is 2. The molecule has 1 aliphatic rings. The van der Waals surface area contributed by atoms with Crippen LogP contribution in [0.4, 0.5) is 0 Å². The molecule has 1 N–H and O–H groups in total. The van der Waals surface area contributed by atoms with Crippen molar-refractivity contribution < 1.29 is 9.53 Å². The van der Waals surface area contributed by atoms with Gasteiger partial charge in [-0.05, 0) is 32.5 Å². The minimum atomic E-state index is -0.0578. The second-order valence-electron chi connectivity index (χ2n) is 6.70. The van der Waals surface area contributed by atoms with Gasteiger partial charge in [-0.25, -0.2) is 0 Å². The average molecular weight is 374 g/mol. The number of halogens is 1. The number of carbonyl (C=O) groups excluding carboxylic acids is 1. The average Bonchev–Trinajstić information content (AvgIpc) is 2.98. The molecule has 1 saturated heterocycles. The predicted molar refractivity (Wildman–Crippen MR) is 99.8 cm³/mol. The first kappa shape index (κ1) is 19.7. The Morgan fingerprint density at radius 1 is 1.42 bits per heavy atom. The lowest BCUT2D eigenvalue weighted by molar-refractivity contribution is -0.123. The van der Waals surface area contributed by atoms with Gasteiger partial charge in [0.15, 0.2) is 0 Å². The Morgan fingerprint density at radius 3 is 2.71 bits per heavy atom. The normalized spacial score (nSPS) is 16.5. The third kappa shape index (κ3) is 6.01. The van der Waals surface area contributed by atoms with Gasteiger partial charge in [-0.3, -0.25) is 14.6 Å². The van der Waals surface area contributed by atoms with E-state index >= 15 is 0 Å².